The fourth-order valence-corrected chi connectivity index (χ4v) is 3.66. The summed E-state index contributed by atoms with van der Waals surface area (Å²) >= 11 is 0. The van der Waals surface area contributed by atoms with Gasteiger partial charge in [-0.3, -0.25) is 4.79 Å². The summed E-state index contributed by atoms with van der Waals surface area (Å²) in [6.07, 6.45) is 7.77. The molecule has 0 aliphatic carbocycles. The Balaban J connectivity index is 1.65. The molecule has 0 aromatic carbocycles. The summed E-state index contributed by atoms with van der Waals surface area (Å²) in [5.41, 5.74) is 0.937. The Hall–Kier alpha value is -1.69. The van der Waals surface area contributed by atoms with E-state index in [4.69, 9.17) is 4.74 Å². The Bertz CT molecular complexity index is 548. The lowest BCUT2D eigenvalue weighted by Crippen LogP contribution is -2.38. The number of ether oxygens (including phenoxy) is 1. The van der Waals surface area contributed by atoms with Gasteiger partial charge in [-0.15, -0.1) is 0 Å². The summed E-state index contributed by atoms with van der Waals surface area (Å²) in [4.78, 5) is 25.9. The van der Waals surface area contributed by atoms with Crippen LogP contribution in [0.4, 0.5) is 5.95 Å². The normalized spacial score (nSPS) is 24.2. The molecule has 1 unspecified atom stereocenters. The number of nitrogens with zero attached hydrogens (tertiary/aromatic N) is 4. The van der Waals surface area contributed by atoms with E-state index >= 15 is 0 Å². The van der Waals surface area contributed by atoms with Crippen LogP contribution in [-0.4, -0.2) is 60.7 Å². The van der Waals surface area contributed by atoms with Crippen molar-refractivity contribution in [2.24, 2.45) is 5.41 Å². The van der Waals surface area contributed by atoms with Crippen molar-refractivity contribution >= 4 is 11.9 Å². The molecule has 23 heavy (non-hydrogen) atoms. The molecule has 3 heterocycles. The summed E-state index contributed by atoms with van der Waals surface area (Å²) < 4.78 is 5.10. The Morgan fingerprint density at radius 2 is 2.00 bits per heavy atom. The molecular formula is C17H26N4O2. The van der Waals surface area contributed by atoms with Gasteiger partial charge in [-0.05, 0) is 24.8 Å². The Morgan fingerprint density at radius 1 is 1.26 bits per heavy atom. The quantitative estimate of drug-likeness (QED) is 0.795. The van der Waals surface area contributed by atoms with Gasteiger partial charge in [0.2, 0.25) is 11.9 Å². The Morgan fingerprint density at radius 3 is 2.70 bits per heavy atom. The molecule has 6 nitrogen and oxygen atoms in total. The Labute approximate surface area is 137 Å². The van der Waals surface area contributed by atoms with Gasteiger partial charge in [-0.1, -0.05) is 13.3 Å². The van der Waals surface area contributed by atoms with Crippen molar-refractivity contribution in [3.63, 3.8) is 0 Å². The van der Waals surface area contributed by atoms with E-state index in [2.05, 4.69) is 21.8 Å². The fraction of sp³-hybridized carbons (Fsp3) is 0.706. The fourth-order valence-electron chi connectivity index (χ4n) is 3.66. The van der Waals surface area contributed by atoms with Crippen molar-refractivity contribution in [2.45, 2.75) is 32.6 Å². The minimum Gasteiger partial charge on any atom is -0.383 e. The third kappa shape index (κ3) is 3.17. The monoisotopic (exact) mass is 318 g/mol. The SMILES string of the molecule is CCCc1cnc(N2CCC3(CCN(CCOC)C3=O)C2)nc1. The maximum atomic E-state index is 12.8. The molecule has 1 amide bonds. The second-order valence-corrected chi connectivity index (χ2v) is 6.63. The zero-order valence-corrected chi connectivity index (χ0v) is 14.1. The second-order valence-electron chi connectivity index (χ2n) is 6.63. The predicted molar refractivity (Wildman–Crippen MR) is 88.4 cm³/mol. The zero-order chi connectivity index (χ0) is 16.3. The number of hydrogen-bond acceptors (Lipinski definition) is 5. The number of carbonyl (C=O) groups is 1. The van der Waals surface area contributed by atoms with Gasteiger partial charge in [0.15, 0.2) is 0 Å². The molecule has 3 rings (SSSR count). The molecule has 2 aliphatic rings. The third-order valence-corrected chi connectivity index (χ3v) is 5.03. The van der Waals surface area contributed by atoms with Crippen LogP contribution in [-0.2, 0) is 16.0 Å². The molecule has 126 valence electrons. The summed E-state index contributed by atoms with van der Waals surface area (Å²) in [5, 5.41) is 0. The van der Waals surface area contributed by atoms with Crippen molar-refractivity contribution in [2.75, 3.05) is 44.8 Å². The van der Waals surface area contributed by atoms with Crippen LogP contribution in [0.3, 0.4) is 0 Å². The van der Waals surface area contributed by atoms with Gasteiger partial charge in [0, 0.05) is 45.7 Å². The highest BCUT2D eigenvalue weighted by Gasteiger charge is 2.50. The molecule has 2 aliphatic heterocycles. The lowest BCUT2D eigenvalue weighted by Gasteiger charge is -2.23. The first-order chi connectivity index (χ1) is 11.2. The number of methoxy groups -OCH3 is 1. The van der Waals surface area contributed by atoms with Crippen LogP contribution in [0.5, 0.6) is 0 Å². The summed E-state index contributed by atoms with van der Waals surface area (Å²) in [5.74, 6) is 1.03. The van der Waals surface area contributed by atoms with Crippen molar-refractivity contribution in [3.05, 3.63) is 18.0 Å². The van der Waals surface area contributed by atoms with Crippen LogP contribution in [0.2, 0.25) is 0 Å². The number of carbonyl (C=O) groups excluding carboxylic acids is 1. The van der Waals surface area contributed by atoms with Crippen molar-refractivity contribution in [3.8, 4) is 0 Å². The lowest BCUT2D eigenvalue weighted by molar-refractivity contribution is -0.135. The molecule has 0 saturated carbocycles. The van der Waals surface area contributed by atoms with Crippen LogP contribution in [0.15, 0.2) is 12.4 Å². The number of aryl methyl sites for hydroxylation is 1. The molecule has 0 bridgehead atoms. The maximum absolute atomic E-state index is 12.8. The largest absolute Gasteiger partial charge is 0.383 e. The van der Waals surface area contributed by atoms with E-state index in [-0.39, 0.29) is 11.3 Å². The van der Waals surface area contributed by atoms with E-state index in [0.717, 1.165) is 51.3 Å². The topological polar surface area (TPSA) is 58.6 Å². The number of hydrogen-bond donors (Lipinski definition) is 0. The van der Waals surface area contributed by atoms with E-state index in [1.54, 1.807) is 7.11 Å². The number of rotatable bonds is 6. The highest BCUT2D eigenvalue weighted by Crippen LogP contribution is 2.41. The van der Waals surface area contributed by atoms with Crippen molar-refractivity contribution in [1.82, 2.24) is 14.9 Å². The molecule has 6 heteroatoms. The van der Waals surface area contributed by atoms with Gasteiger partial charge >= 0.3 is 0 Å². The molecule has 0 radical (unpaired) electrons. The average Bonchev–Trinajstić information content (AvgIpc) is 3.13. The smallest absolute Gasteiger partial charge is 0.230 e. The molecule has 1 atom stereocenters. The first kappa shape index (κ1) is 16.2. The Kier molecular flexibility index (Phi) is 4.80. The van der Waals surface area contributed by atoms with Gasteiger partial charge in [-0.25, -0.2) is 9.97 Å². The van der Waals surface area contributed by atoms with Crippen molar-refractivity contribution < 1.29 is 9.53 Å². The van der Waals surface area contributed by atoms with Gasteiger partial charge < -0.3 is 14.5 Å². The maximum Gasteiger partial charge on any atom is 0.230 e. The molecule has 2 saturated heterocycles. The minimum absolute atomic E-state index is 0.237. The van der Waals surface area contributed by atoms with Gasteiger partial charge in [0.05, 0.1) is 12.0 Å². The summed E-state index contributed by atoms with van der Waals surface area (Å²) in [6, 6.07) is 0. The lowest BCUT2D eigenvalue weighted by atomic mass is 9.85. The summed E-state index contributed by atoms with van der Waals surface area (Å²) in [7, 11) is 1.67. The van der Waals surface area contributed by atoms with Gasteiger partial charge in [-0.2, -0.15) is 0 Å². The first-order valence-electron chi connectivity index (χ1n) is 8.53. The standard InChI is InChI=1S/C17H26N4O2/c1-3-4-14-11-18-16(19-12-14)21-8-6-17(13-21)5-7-20(15(17)22)9-10-23-2/h11-12H,3-10,13H2,1-2H3. The van der Waals surface area contributed by atoms with E-state index in [1.165, 1.54) is 5.56 Å². The average molecular weight is 318 g/mol. The third-order valence-electron chi connectivity index (χ3n) is 5.03. The number of likely N-dealkylation sites (tertiary alicyclic amines) is 1. The predicted octanol–water partition coefficient (Wildman–Crippen LogP) is 1.50. The van der Waals surface area contributed by atoms with Crippen molar-refractivity contribution in [1.29, 1.82) is 0 Å². The molecular weight excluding hydrogens is 292 g/mol. The highest BCUT2D eigenvalue weighted by molar-refractivity contribution is 5.86. The van der Waals surface area contributed by atoms with Gasteiger partial charge in [0.25, 0.3) is 0 Å². The van der Waals surface area contributed by atoms with E-state index in [0.29, 0.717) is 13.2 Å². The van der Waals surface area contributed by atoms with Crippen LogP contribution >= 0.6 is 0 Å². The van der Waals surface area contributed by atoms with Crippen LogP contribution in [0.25, 0.3) is 0 Å². The van der Waals surface area contributed by atoms with Crippen LogP contribution in [0.1, 0.15) is 31.7 Å². The van der Waals surface area contributed by atoms with E-state index in [1.807, 2.05) is 17.3 Å². The summed E-state index contributed by atoms with van der Waals surface area (Å²) in [6.45, 7) is 5.89. The second kappa shape index (κ2) is 6.83. The van der Waals surface area contributed by atoms with E-state index in [9.17, 15) is 4.79 Å². The van der Waals surface area contributed by atoms with Gasteiger partial charge in [0.1, 0.15) is 0 Å². The first-order valence-corrected chi connectivity index (χ1v) is 8.53. The number of amides is 1. The molecule has 2 fully saturated rings. The molecule has 1 aromatic heterocycles. The van der Waals surface area contributed by atoms with Crippen LogP contribution in [0, 0.1) is 5.41 Å². The van der Waals surface area contributed by atoms with Crippen LogP contribution < -0.4 is 4.90 Å². The minimum atomic E-state index is -0.237. The highest BCUT2D eigenvalue weighted by atomic mass is 16.5. The van der Waals surface area contributed by atoms with E-state index < -0.39 is 0 Å². The number of anilines is 1. The number of aromatic nitrogens is 2. The molecule has 1 spiro atoms. The molecule has 0 N–H and O–H groups in total. The zero-order valence-electron chi connectivity index (χ0n) is 14.1. The molecule has 1 aromatic rings.